The van der Waals surface area contributed by atoms with E-state index in [0.717, 1.165) is 11.1 Å². The van der Waals surface area contributed by atoms with Crippen LogP contribution in [0.1, 0.15) is 42.3 Å². The number of ether oxygens (including phenoxy) is 1. The van der Waals surface area contributed by atoms with E-state index in [2.05, 4.69) is 10.6 Å². The summed E-state index contributed by atoms with van der Waals surface area (Å²) in [5.74, 6) is -0.516. The van der Waals surface area contributed by atoms with Gasteiger partial charge in [-0.15, -0.1) is 0 Å². The quantitative estimate of drug-likeness (QED) is 0.797. The molecule has 0 saturated heterocycles. The molecule has 0 bridgehead atoms. The van der Waals surface area contributed by atoms with Crippen LogP contribution >= 0.6 is 0 Å². The van der Waals surface area contributed by atoms with Gasteiger partial charge in [-0.05, 0) is 45.4 Å². The molecule has 0 radical (unpaired) electrons. The lowest BCUT2D eigenvalue weighted by Crippen LogP contribution is -2.31. The molecule has 0 aliphatic carbocycles. The molecule has 0 aliphatic rings. The van der Waals surface area contributed by atoms with Crippen molar-refractivity contribution >= 4 is 17.5 Å². The molecular weight excluding hydrogens is 328 g/mol. The number of rotatable bonds is 7. The monoisotopic (exact) mass is 354 g/mol. The van der Waals surface area contributed by atoms with Gasteiger partial charge in [-0.2, -0.15) is 0 Å². The first kappa shape index (κ1) is 19.7. The highest BCUT2D eigenvalue weighted by Gasteiger charge is 2.18. The van der Waals surface area contributed by atoms with Crippen LogP contribution in [0.5, 0.6) is 0 Å². The molecule has 0 unspecified atom stereocenters. The third-order valence-corrected chi connectivity index (χ3v) is 3.81. The van der Waals surface area contributed by atoms with Gasteiger partial charge in [0.15, 0.2) is 0 Å². The van der Waals surface area contributed by atoms with Crippen molar-refractivity contribution in [3.63, 3.8) is 0 Å². The van der Waals surface area contributed by atoms with Gasteiger partial charge in [0.2, 0.25) is 0 Å². The van der Waals surface area contributed by atoms with Crippen molar-refractivity contribution in [1.29, 1.82) is 0 Å². The summed E-state index contributed by atoms with van der Waals surface area (Å²) in [5.41, 5.74) is 3.06. The number of benzene rings is 2. The molecule has 26 heavy (non-hydrogen) atoms. The van der Waals surface area contributed by atoms with Crippen LogP contribution in [-0.4, -0.2) is 24.0 Å². The second-order valence-corrected chi connectivity index (χ2v) is 6.53. The van der Waals surface area contributed by atoms with Gasteiger partial charge in [-0.25, -0.2) is 0 Å². The van der Waals surface area contributed by atoms with Crippen molar-refractivity contribution in [2.75, 3.05) is 5.32 Å². The average molecular weight is 354 g/mol. The maximum Gasteiger partial charge on any atom is 0.253 e. The maximum atomic E-state index is 12.6. The zero-order valence-electron chi connectivity index (χ0n) is 15.7. The molecule has 0 aliphatic heterocycles. The summed E-state index contributed by atoms with van der Waals surface area (Å²) < 4.78 is 5.49. The number of hydrogen-bond donors (Lipinski definition) is 2. The number of carbonyl (C=O) groups excluding carboxylic acids is 2. The minimum absolute atomic E-state index is 0.0522. The van der Waals surface area contributed by atoms with Gasteiger partial charge in [0.05, 0.1) is 17.4 Å². The largest absolute Gasteiger partial charge is 0.366 e. The van der Waals surface area contributed by atoms with Crippen molar-refractivity contribution in [3.05, 3.63) is 65.2 Å². The average Bonchev–Trinajstić information content (AvgIpc) is 2.59. The molecule has 1 atom stereocenters. The third kappa shape index (κ3) is 5.70. The van der Waals surface area contributed by atoms with E-state index in [1.54, 1.807) is 31.2 Å². The van der Waals surface area contributed by atoms with Crippen molar-refractivity contribution in [2.45, 2.75) is 46.4 Å². The van der Waals surface area contributed by atoms with E-state index in [4.69, 9.17) is 4.74 Å². The summed E-state index contributed by atoms with van der Waals surface area (Å²) >= 11 is 0. The summed E-state index contributed by atoms with van der Waals surface area (Å²) in [6.45, 7) is 7.87. The van der Waals surface area contributed by atoms with Crippen LogP contribution in [0.15, 0.2) is 48.5 Å². The zero-order chi connectivity index (χ0) is 19.1. The Morgan fingerprint density at radius 1 is 1.04 bits per heavy atom. The predicted octanol–water partition coefficient (Wildman–Crippen LogP) is 3.68. The van der Waals surface area contributed by atoms with E-state index in [1.165, 1.54) is 0 Å². The van der Waals surface area contributed by atoms with Crippen molar-refractivity contribution in [2.24, 2.45) is 0 Å². The van der Waals surface area contributed by atoms with Gasteiger partial charge >= 0.3 is 0 Å². The zero-order valence-corrected chi connectivity index (χ0v) is 15.7. The van der Waals surface area contributed by atoms with Crippen molar-refractivity contribution < 1.29 is 14.3 Å². The summed E-state index contributed by atoms with van der Waals surface area (Å²) in [6.07, 6.45) is -0.651. The van der Waals surface area contributed by atoms with Crippen LogP contribution in [0.3, 0.4) is 0 Å². The Hall–Kier alpha value is -2.66. The van der Waals surface area contributed by atoms with Crippen molar-refractivity contribution in [3.8, 4) is 0 Å². The highest BCUT2D eigenvalue weighted by atomic mass is 16.5. The molecule has 2 N–H and O–H groups in total. The van der Waals surface area contributed by atoms with Crippen molar-refractivity contribution in [1.82, 2.24) is 5.32 Å². The maximum absolute atomic E-state index is 12.6. The van der Waals surface area contributed by atoms with Crippen LogP contribution in [-0.2, 0) is 16.1 Å². The molecule has 0 heterocycles. The first-order valence-electron chi connectivity index (χ1n) is 8.76. The number of hydrogen-bond acceptors (Lipinski definition) is 3. The number of nitrogens with one attached hydrogen (secondary N) is 2. The van der Waals surface area contributed by atoms with E-state index >= 15 is 0 Å². The summed E-state index contributed by atoms with van der Waals surface area (Å²) in [5, 5.41) is 5.68. The lowest BCUT2D eigenvalue weighted by molar-refractivity contribution is -0.128. The van der Waals surface area contributed by atoms with Gasteiger partial charge in [-0.1, -0.05) is 42.0 Å². The van der Waals surface area contributed by atoms with E-state index in [1.807, 2.05) is 45.0 Å². The minimum atomic E-state index is -0.599. The van der Waals surface area contributed by atoms with Crippen LogP contribution < -0.4 is 10.6 Å². The fourth-order valence-electron chi connectivity index (χ4n) is 2.59. The summed E-state index contributed by atoms with van der Waals surface area (Å²) in [4.78, 5) is 24.8. The Balaban J connectivity index is 2.05. The second kappa shape index (κ2) is 9.15. The molecule has 0 spiro atoms. The fraction of sp³-hybridized carbons (Fsp3) is 0.333. The first-order chi connectivity index (χ1) is 12.4. The van der Waals surface area contributed by atoms with E-state index in [9.17, 15) is 9.59 Å². The molecule has 5 nitrogen and oxygen atoms in total. The topological polar surface area (TPSA) is 67.4 Å². The van der Waals surface area contributed by atoms with Crippen LogP contribution in [0.2, 0.25) is 0 Å². The first-order valence-corrected chi connectivity index (χ1v) is 8.76. The molecular formula is C21H26N2O3. The number of aryl methyl sites for hydroxylation is 1. The lowest BCUT2D eigenvalue weighted by Gasteiger charge is -2.17. The molecule has 0 fully saturated rings. The smallest absolute Gasteiger partial charge is 0.253 e. The molecule has 2 aromatic rings. The Bertz CT molecular complexity index is 771. The number of carbonyl (C=O) groups is 2. The standard InChI is InChI=1S/C21H26N2O3/c1-14(2)26-16(4)20(24)23-19-11-6-5-10-18(19)21(25)22-13-17-9-7-8-15(3)12-17/h5-12,14,16H,13H2,1-4H3,(H,22,25)(H,23,24)/t16-/m1/s1. The second-order valence-electron chi connectivity index (χ2n) is 6.53. The highest BCUT2D eigenvalue weighted by molar-refractivity contribution is 6.04. The van der Waals surface area contributed by atoms with Crippen LogP contribution in [0.25, 0.3) is 0 Å². The van der Waals surface area contributed by atoms with Gasteiger partial charge in [0.1, 0.15) is 6.10 Å². The Labute approximate surface area is 154 Å². The Morgan fingerprint density at radius 3 is 2.46 bits per heavy atom. The van der Waals surface area contributed by atoms with Gasteiger partial charge in [0, 0.05) is 6.54 Å². The molecule has 0 aromatic heterocycles. The van der Waals surface area contributed by atoms with Crippen LogP contribution in [0, 0.1) is 6.92 Å². The van der Waals surface area contributed by atoms with E-state index in [0.29, 0.717) is 17.8 Å². The molecule has 2 aromatic carbocycles. The molecule has 138 valence electrons. The molecule has 2 rings (SSSR count). The highest BCUT2D eigenvalue weighted by Crippen LogP contribution is 2.16. The lowest BCUT2D eigenvalue weighted by atomic mass is 10.1. The SMILES string of the molecule is Cc1cccc(CNC(=O)c2ccccc2NC(=O)[C@@H](C)OC(C)C)c1. The minimum Gasteiger partial charge on any atom is -0.366 e. The number of para-hydroxylation sites is 1. The van der Waals surface area contributed by atoms with E-state index in [-0.39, 0.29) is 17.9 Å². The van der Waals surface area contributed by atoms with E-state index < -0.39 is 6.10 Å². The van der Waals surface area contributed by atoms with Gasteiger partial charge in [0.25, 0.3) is 11.8 Å². The van der Waals surface area contributed by atoms with Crippen LogP contribution in [0.4, 0.5) is 5.69 Å². The Kier molecular flexibility index (Phi) is 6.92. The fourth-order valence-corrected chi connectivity index (χ4v) is 2.59. The number of amides is 2. The summed E-state index contributed by atoms with van der Waals surface area (Å²) in [6, 6.07) is 14.9. The number of anilines is 1. The predicted molar refractivity (Wildman–Crippen MR) is 103 cm³/mol. The van der Waals surface area contributed by atoms with Gasteiger partial charge < -0.3 is 15.4 Å². The van der Waals surface area contributed by atoms with Gasteiger partial charge in [-0.3, -0.25) is 9.59 Å². The summed E-state index contributed by atoms with van der Waals surface area (Å²) in [7, 11) is 0. The molecule has 5 heteroatoms. The molecule has 2 amide bonds. The molecule has 0 saturated carbocycles. The third-order valence-electron chi connectivity index (χ3n) is 3.81. The normalized spacial score (nSPS) is 11.9. The Morgan fingerprint density at radius 2 is 1.77 bits per heavy atom.